The largest absolute Gasteiger partial charge is 0.398 e. The van der Waals surface area contributed by atoms with Crippen LogP contribution in [0.4, 0.5) is 11.4 Å². The molecule has 0 spiro atoms. The van der Waals surface area contributed by atoms with E-state index in [1.165, 1.54) is 0 Å². The summed E-state index contributed by atoms with van der Waals surface area (Å²) < 4.78 is 0. The molecule has 2 rings (SSSR count). The lowest BCUT2D eigenvalue weighted by Gasteiger charge is -2.09. The van der Waals surface area contributed by atoms with Crippen molar-refractivity contribution in [1.82, 2.24) is 0 Å². The first-order chi connectivity index (χ1) is 9.18. The minimum absolute atomic E-state index is 0.757. The van der Waals surface area contributed by atoms with Crippen molar-refractivity contribution in [2.75, 3.05) is 11.5 Å². The van der Waals surface area contributed by atoms with Gasteiger partial charge in [0.25, 0.3) is 0 Å². The summed E-state index contributed by atoms with van der Waals surface area (Å²) in [4.78, 5) is 0. The average Bonchev–Trinajstić information content (AvgIpc) is 2.45. The molecule has 0 bridgehead atoms. The number of anilines is 2. The summed E-state index contributed by atoms with van der Waals surface area (Å²) in [5.41, 5.74) is 16.6. The molecule has 0 radical (unpaired) electrons. The Morgan fingerprint density at radius 2 is 1.21 bits per heavy atom. The number of para-hydroxylation sites is 1. The van der Waals surface area contributed by atoms with Gasteiger partial charge in [0.2, 0.25) is 0 Å². The lowest BCUT2D eigenvalue weighted by molar-refractivity contribution is 1.47. The molecule has 2 nitrogen and oxygen atoms in total. The van der Waals surface area contributed by atoms with Crippen LogP contribution in [0.1, 0.15) is 33.3 Å². The molecule has 2 aromatic rings. The fourth-order valence-electron chi connectivity index (χ4n) is 1.67. The fraction of sp³-hybridized carbons (Fsp3) is 0.294. The second kappa shape index (κ2) is 9.03. The summed E-state index contributed by atoms with van der Waals surface area (Å²) in [5, 5.41) is 0. The average molecular weight is 258 g/mol. The first-order valence-electron chi connectivity index (χ1n) is 6.89. The van der Waals surface area contributed by atoms with Gasteiger partial charge in [0.1, 0.15) is 0 Å². The zero-order valence-electron chi connectivity index (χ0n) is 12.7. The van der Waals surface area contributed by atoms with Crippen molar-refractivity contribution in [3.63, 3.8) is 0 Å². The molecule has 19 heavy (non-hydrogen) atoms. The van der Waals surface area contributed by atoms with Crippen molar-refractivity contribution in [1.29, 1.82) is 0 Å². The SMILES string of the molecule is CC.CC.Cc1ccc(-c2ccccc2N)c(N)c1. The Bertz CT molecular complexity index is 490. The number of hydrogen-bond acceptors (Lipinski definition) is 2. The fourth-order valence-corrected chi connectivity index (χ4v) is 1.67. The van der Waals surface area contributed by atoms with Crippen LogP contribution in [0.25, 0.3) is 11.1 Å². The molecule has 2 aromatic carbocycles. The molecule has 0 saturated carbocycles. The van der Waals surface area contributed by atoms with E-state index >= 15 is 0 Å². The quantitative estimate of drug-likeness (QED) is 0.716. The topological polar surface area (TPSA) is 52.0 Å². The number of nitrogen functional groups attached to an aromatic ring is 2. The van der Waals surface area contributed by atoms with Crippen LogP contribution in [-0.2, 0) is 0 Å². The van der Waals surface area contributed by atoms with E-state index in [-0.39, 0.29) is 0 Å². The summed E-state index contributed by atoms with van der Waals surface area (Å²) in [7, 11) is 0. The third-order valence-corrected chi connectivity index (χ3v) is 2.46. The van der Waals surface area contributed by atoms with Crippen molar-refractivity contribution >= 4 is 11.4 Å². The van der Waals surface area contributed by atoms with E-state index in [1.54, 1.807) is 0 Å². The third kappa shape index (κ3) is 4.66. The summed E-state index contributed by atoms with van der Waals surface area (Å²) in [6, 6.07) is 13.8. The zero-order valence-corrected chi connectivity index (χ0v) is 12.7. The van der Waals surface area contributed by atoms with Crippen molar-refractivity contribution in [2.45, 2.75) is 34.6 Å². The van der Waals surface area contributed by atoms with Crippen LogP contribution < -0.4 is 11.5 Å². The molecule has 4 N–H and O–H groups in total. The monoisotopic (exact) mass is 258 g/mol. The second-order valence-corrected chi connectivity index (χ2v) is 3.68. The van der Waals surface area contributed by atoms with Gasteiger partial charge in [0, 0.05) is 22.5 Å². The first-order valence-corrected chi connectivity index (χ1v) is 6.89. The molecule has 0 atom stereocenters. The van der Waals surface area contributed by atoms with Crippen LogP contribution in [0.5, 0.6) is 0 Å². The Hall–Kier alpha value is -1.96. The Labute approximate surface area is 117 Å². The predicted molar refractivity (Wildman–Crippen MR) is 88.1 cm³/mol. The maximum atomic E-state index is 5.97. The molecule has 0 aromatic heterocycles. The van der Waals surface area contributed by atoms with Crippen LogP contribution in [0.3, 0.4) is 0 Å². The highest BCUT2D eigenvalue weighted by molar-refractivity contribution is 5.84. The maximum absolute atomic E-state index is 5.97. The van der Waals surface area contributed by atoms with E-state index in [9.17, 15) is 0 Å². The van der Waals surface area contributed by atoms with Gasteiger partial charge in [-0.2, -0.15) is 0 Å². The van der Waals surface area contributed by atoms with Gasteiger partial charge in [-0.1, -0.05) is 58.0 Å². The number of rotatable bonds is 1. The summed E-state index contributed by atoms with van der Waals surface area (Å²) >= 11 is 0. The number of hydrogen-bond donors (Lipinski definition) is 2. The van der Waals surface area contributed by atoms with Gasteiger partial charge in [-0.15, -0.1) is 0 Å². The van der Waals surface area contributed by atoms with E-state index < -0.39 is 0 Å². The first kappa shape index (κ1) is 17.0. The molecule has 0 saturated heterocycles. The predicted octanol–water partition coefficient (Wildman–Crippen LogP) is 4.88. The van der Waals surface area contributed by atoms with E-state index in [0.29, 0.717) is 0 Å². The second-order valence-electron chi connectivity index (χ2n) is 3.68. The van der Waals surface area contributed by atoms with Crippen LogP contribution in [0.15, 0.2) is 42.5 Å². The van der Waals surface area contributed by atoms with E-state index in [4.69, 9.17) is 11.5 Å². The molecule has 0 aliphatic rings. The number of benzene rings is 2. The minimum atomic E-state index is 0.757. The summed E-state index contributed by atoms with van der Waals surface area (Å²) in [6.45, 7) is 10.0. The van der Waals surface area contributed by atoms with Gasteiger partial charge >= 0.3 is 0 Å². The van der Waals surface area contributed by atoms with Crippen LogP contribution in [0, 0.1) is 6.92 Å². The van der Waals surface area contributed by atoms with Gasteiger partial charge in [-0.25, -0.2) is 0 Å². The third-order valence-electron chi connectivity index (χ3n) is 2.46. The molecule has 0 aliphatic heterocycles. The Morgan fingerprint density at radius 1 is 0.684 bits per heavy atom. The molecule has 104 valence electrons. The van der Waals surface area contributed by atoms with Crippen molar-refractivity contribution in [2.24, 2.45) is 0 Å². The molecule has 0 fully saturated rings. The molecule has 0 amide bonds. The van der Waals surface area contributed by atoms with Crippen LogP contribution >= 0.6 is 0 Å². The highest BCUT2D eigenvalue weighted by Crippen LogP contribution is 2.30. The molecule has 0 aliphatic carbocycles. The Morgan fingerprint density at radius 3 is 1.74 bits per heavy atom. The van der Waals surface area contributed by atoms with Crippen molar-refractivity contribution < 1.29 is 0 Å². The van der Waals surface area contributed by atoms with Crippen molar-refractivity contribution in [3.8, 4) is 11.1 Å². The smallest absolute Gasteiger partial charge is 0.0397 e. The van der Waals surface area contributed by atoms with Gasteiger partial charge in [0.15, 0.2) is 0 Å². The lowest BCUT2D eigenvalue weighted by Crippen LogP contribution is -1.94. The molecular formula is C17H26N2. The summed E-state index contributed by atoms with van der Waals surface area (Å²) in [6.07, 6.45) is 0. The van der Waals surface area contributed by atoms with Crippen LogP contribution in [-0.4, -0.2) is 0 Å². The molecular weight excluding hydrogens is 232 g/mol. The van der Waals surface area contributed by atoms with Gasteiger partial charge in [-0.3, -0.25) is 0 Å². The zero-order chi connectivity index (χ0) is 14.8. The molecule has 0 heterocycles. The standard InChI is InChI=1S/C13H14N2.2C2H6/c1-9-6-7-11(13(15)8-9)10-4-2-3-5-12(10)14;2*1-2/h2-8H,14-15H2,1H3;2*1-2H3. The highest BCUT2D eigenvalue weighted by atomic mass is 14.6. The lowest BCUT2D eigenvalue weighted by atomic mass is 10.0. The van der Waals surface area contributed by atoms with Gasteiger partial charge in [-0.05, 0) is 24.6 Å². The maximum Gasteiger partial charge on any atom is 0.0397 e. The normalized spacial score (nSPS) is 8.68. The highest BCUT2D eigenvalue weighted by Gasteiger charge is 2.04. The Balaban J connectivity index is 0.000000741. The number of aryl methyl sites for hydroxylation is 1. The minimum Gasteiger partial charge on any atom is -0.398 e. The molecule has 0 unspecified atom stereocenters. The molecule has 2 heteroatoms. The van der Waals surface area contributed by atoms with E-state index in [1.807, 2.05) is 77.1 Å². The van der Waals surface area contributed by atoms with Gasteiger partial charge < -0.3 is 11.5 Å². The Kier molecular flexibility index (Phi) is 8.10. The van der Waals surface area contributed by atoms with Gasteiger partial charge in [0.05, 0.1) is 0 Å². The van der Waals surface area contributed by atoms with E-state index in [2.05, 4.69) is 0 Å². The van der Waals surface area contributed by atoms with E-state index in [0.717, 1.165) is 28.1 Å². The number of nitrogens with two attached hydrogens (primary N) is 2. The van der Waals surface area contributed by atoms with Crippen molar-refractivity contribution in [3.05, 3.63) is 48.0 Å². The van der Waals surface area contributed by atoms with Crippen LogP contribution in [0.2, 0.25) is 0 Å². The summed E-state index contributed by atoms with van der Waals surface area (Å²) in [5.74, 6) is 0.